The molecule has 0 N–H and O–H groups in total. The lowest BCUT2D eigenvalue weighted by molar-refractivity contribution is 0.436. The van der Waals surface area contributed by atoms with E-state index in [-0.39, 0.29) is 5.41 Å². The molecule has 0 amide bonds. The summed E-state index contributed by atoms with van der Waals surface area (Å²) in [6.07, 6.45) is 8.25. The highest BCUT2D eigenvalue weighted by molar-refractivity contribution is 7.26. The van der Waals surface area contributed by atoms with Crippen LogP contribution >= 0.6 is 11.3 Å². The molecule has 3 aliphatic carbocycles. The van der Waals surface area contributed by atoms with E-state index < -0.39 is 5.41 Å². The topological polar surface area (TPSA) is 35.0 Å². The zero-order valence-corrected chi connectivity index (χ0v) is 36.7. The molecule has 0 bridgehead atoms. The molecule has 0 radical (unpaired) electrons. The lowest BCUT2D eigenvalue weighted by Gasteiger charge is -2.39. The molecule has 65 heavy (non-hydrogen) atoms. The third-order valence-electron chi connectivity index (χ3n) is 14.6. The number of para-hydroxylation sites is 2. The molecule has 1 aliphatic heterocycles. The van der Waals surface area contributed by atoms with Crippen LogP contribution in [-0.2, 0) is 10.8 Å². The van der Waals surface area contributed by atoms with Gasteiger partial charge in [0.25, 0.3) is 0 Å². The van der Waals surface area contributed by atoms with Crippen molar-refractivity contribution in [1.29, 1.82) is 0 Å². The number of nitrogens with zero attached hydrogens (tertiary/aromatic N) is 2. The predicted octanol–water partition coefficient (Wildman–Crippen LogP) is 15.9. The molecular weight excluding hydrogens is 809 g/mol. The Bertz CT molecular complexity index is 3760. The summed E-state index contributed by atoms with van der Waals surface area (Å²) in [6.45, 7) is 4.78. The fourth-order valence-corrected chi connectivity index (χ4v) is 12.9. The maximum Gasteiger partial charge on any atom is 0.160 e. The molecular formula is C61H40N2OS. The van der Waals surface area contributed by atoms with Crippen molar-refractivity contribution < 1.29 is 4.74 Å². The Morgan fingerprint density at radius 2 is 1.20 bits per heavy atom. The average molecular weight is 849 g/mol. The Balaban J connectivity index is 1.03. The number of benzene rings is 8. The van der Waals surface area contributed by atoms with Gasteiger partial charge in [-0.3, -0.25) is 0 Å². The van der Waals surface area contributed by atoms with E-state index in [4.69, 9.17) is 14.7 Å². The number of allylic oxidation sites excluding steroid dienone is 6. The Morgan fingerprint density at radius 3 is 2.00 bits per heavy atom. The van der Waals surface area contributed by atoms with E-state index in [1.807, 2.05) is 0 Å². The molecule has 8 aromatic carbocycles. The summed E-state index contributed by atoms with van der Waals surface area (Å²) in [5, 5.41) is 3.63. The van der Waals surface area contributed by atoms with E-state index in [1.54, 1.807) is 11.3 Å². The monoisotopic (exact) mass is 848 g/mol. The fraction of sp³-hybridized carbons (Fsp3) is 0.0820. The van der Waals surface area contributed by atoms with Gasteiger partial charge in [-0.15, -0.1) is 11.3 Å². The highest BCUT2D eigenvalue weighted by Gasteiger charge is 2.52. The quantitative estimate of drug-likeness (QED) is 0.178. The van der Waals surface area contributed by atoms with Crippen LogP contribution in [-0.4, -0.2) is 9.97 Å². The zero-order valence-electron chi connectivity index (χ0n) is 35.9. The number of aromatic nitrogens is 2. The summed E-state index contributed by atoms with van der Waals surface area (Å²) < 4.78 is 9.07. The summed E-state index contributed by atoms with van der Waals surface area (Å²) in [6, 6.07) is 64.0. The summed E-state index contributed by atoms with van der Waals surface area (Å²) >= 11 is 1.79. The third kappa shape index (κ3) is 5.00. The van der Waals surface area contributed by atoms with Crippen LogP contribution in [0.4, 0.5) is 0 Å². The minimum Gasteiger partial charge on any atom is -0.457 e. The standard InChI is InChI=1S/C61H40N2OS/c1-60(2)45-27-14-21-39(34-43(45)55-42(24-16-28-48(55)60)57-58-56(41-22-8-13-32-53(41)65-58)62-59(63-57)36-17-4-3-5-18-36)40-23-15-29-49-54(40)44-33-37-19-6-7-20-38(37)35-50(44)61(49)46-25-9-11-30-51(46)64-52-31-12-10-26-47(52)61/h3-13,15-35H,14H2,1-2H3. The van der Waals surface area contributed by atoms with Crippen molar-refractivity contribution in [3.8, 4) is 45.3 Å². The SMILES string of the molecule is CC1(C)C2=CCC=C(c3cccc4c3-c3cc5ccccc5cc3C43c4ccccc4Oc4ccccc43)C=C2c2c(-c3nc(-c4ccccc4)nc4c3sc3ccccc34)cccc21. The van der Waals surface area contributed by atoms with Gasteiger partial charge in [0.1, 0.15) is 11.5 Å². The molecule has 14 rings (SSSR count). The van der Waals surface area contributed by atoms with Crippen LogP contribution < -0.4 is 4.74 Å². The van der Waals surface area contributed by atoms with E-state index in [1.165, 1.54) is 87.6 Å². The van der Waals surface area contributed by atoms with Crippen molar-refractivity contribution in [2.24, 2.45) is 0 Å². The van der Waals surface area contributed by atoms with Crippen molar-refractivity contribution in [2.45, 2.75) is 31.1 Å². The second-order valence-corrected chi connectivity index (χ2v) is 19.3. The van der Waals surface area contributed by atoms with Gasteiger partial charge in [0.15, 0.2) is 5.82 Å². The minimum absolute atomic E-state index is 0.223. The molecule has 1 spiro atoms. The van der Waals surface area contributed by atoms with E-state index in [0.29, 0.717) is 0 Å². The molecule has 0 fully saturated rings. The molecule has 0 atom stereocenters. The highest BCUT2D eigenvalue weighted by Crippen LogP contribution is 2.64. The number of thiophene rings is 1. The van der Waals surface area contributed by atoms with Crippen LogP contribution in [0.5, 0.6) is 11.5 Å². The molecule has 3 heterocycles. The first-order chi connectivity index (χ1) is 32.0. The smallest absolute Gasteiger partial charge is 0.160 e. The number of fused-ring (bicyclic) bond motifs is 16. The zero-order chi connectivity index (χ0) is 43.0. The first-order valence-corrected chi connectivity index (χ1v) is 23.4. The summed E-state index contributed by atoms with van der Waals surface area (Å²) in [5.74, 6) is 2.55. The number of hydrogen-bond acceptors (Lipinski definition) is 4. The Labute approximate surface area is 381 Å². The molecule has 4 aliphatic rings. The van der Waals surface area contributed by atoms with Gasteiger partial charge in [0, 0.05) is 37.8 Å². The van der Waals surface area contributed by atoms with E-state index in [2.05, 4.69) is 208 Å². The lowest BCUT2D eigenvalue weighted by Crippen LogP contribution is -2.32. The van der Waals surface area contributed by atoms with Crippen molar-refractivity contribution in [3.63, 3.8) is 0 Å². The van der Waals surface area contributed by atoms with Crippen LogP contribution in [0, 0.1) is 0 Å². The van der Waals surface area contributed by atoms with Crippen LogP contribution in [0.3, 0.4) is 0 Å². The summed E-state index contributed by atoms with van der Waals surface area (Å²) in [7, 11) is 0. The van der Waals surface area contributed by atoms with Gasteiger partial charge < -0.3 is 4.74 Å². The number of rotatable bonds is 3. The van der Waals surface area contributed by atoms with E-state index >= 15 is 0 Å². The van der Waals surface area contributed by atoms with Gasteiger partial charge in [0.2, 0.25) is 0 Å². The molecule has 0 saturated heterocycles. The first-order valence-electron chi connectivity index (χ1n) is 22.5. The Hall–Kier alpha value is -7.66. The Morgan fingerprint density at radius 1 is 0.538 bits per heavy atom. The summed E-state index contributed by atoms with van der Waals surface area (Å²) in [4.78, 5) is 10.8. The van der Waals surface area contributed by atoms with Gasteiger partial charge in [-0.05, 0) is 109 Å². The van der Waals surface area contributed by atoms with E-state index in [9.17, 15) is 0 Å². The van der Waals surface area contributed by atoms with Crippen LogP contribution in [0.15, 0.2) is 200 Å². The third-order valence-corrected chi connectivity index (χ3v) is 15.7. The molecule has 0 unspecified atom stereocenters. The van der Waals surface area contributed by atoms with Crippen molar-refractivity contribution >= 4 is 53.6 Å². The number of ether oxygens (including phenoxy) is 1. The fourth-order valence-electron chi connectivity index (χ4n) is 11.8. The molecule has 2 aromatic heterocycles. The van der Waals surface area contributed by atoms with Crippen LogP contribution in [0.1, 0.15) is 59.2 Å². The molecule has 306 valence electrons. The lowest BCUT2D eigenvalue weighted by atomic mass is 9.66. The molecule has 0 saturated carbocycles. The van der Waals surface area contributed by atoms with Crippen molar-refractivity contribution in [3.05, 3.63) is 239 Å². The van der Waals surface area contributed by atoms with Gasteiger partial charge >= 0.3 is 0 Å². The van der Waals surface area contributed by atoms with Crippen LogP contribution in [0.2, 0.25) is 0 Å². The largest absolute Gasteiger partial charge is 0.457 e. The predicted molar refractivity (Wildman–Crippen MR) is 269 cm³/mol. The second-order valence-electron chi connectivity index (χ2n) is 18.3. The Kier molecular flexibility index (Phi) is 7.60. The van der Waals surface area contributed by atoms with Crippen LogP contribution in [0.25, 0.3) is 76.0 Å². The second kappa shape index (κ2) is 13.4. The van der Waals surface area contributed by atoms with Gasteiger partial charge in [-0.2, -0.15) is 0 Å². The van der Waals surface area contributed by atoms with Crippen molar-refractivity contribution in [2.75, 3.05) is 0 Å². The first kappa shape index (κ1) is 36.8. The maximum atomic E-state index is 6.73. The van der Waals surface area contributed by atoms with Gasteiger partial charge in [-0.1, -0.05) is 172 Å². The highest BCUT2D eigenvalue weighted by atomic mass is 32.1. The average Bonchev–Trinajstić information content (AvgIpc) is 3.85. The molecule has 4 heteroatoms. The maximum absolute atomic E-state index is 6.73. The van der Waals surface area contributed by atoms with Gasteiger partial charge in [-0.25, -0.2) is 9.97 Å². The minimum atomic E-state index is -0.577. The van der Waals surface area contributed by atoms with Crippen molar-refractivity contribution in [1.82, 2.24) is 9.97 Å². The van der Waals surface area contributed by atoms with E-state index in [0.717, 1.165) is 50.8 Å². The number of hydrogen-bond donors (Lipinski definition) is 0. The molecule has 3 nitrogen and oxygen atoms in total. The molecule has 10 aromatic rings. The summed E-state index contributed by atoms with van der Waals surface area (Å²) in [5.41, 5.74) is 18.5. The van der Waals surface area contributed by atoms with Gasteiger partial charge in [0.05, 0.1) is 21.3 Å². The normalized spacial score (nSPS) is 15.8.